The van der Waals surface area contributed by atoms with Crippen LogP contribution in [-0.4, -0.2) is 29.7 Å². The second-order valence-corrected chi connectivity index (χ2v) is 3.77. The average molecular weight is 188 g/mol. The zero-order valence-electron chi connectivity index (χ0n) is 8.58. The van der Waals surface area contributed by atoms with Crippen molar-refractivity contribution in [1.82, 2.24) is 5.32 Å². The molecular weight excluding hydrogens is 168 g/mol. The highest BCUT2D eigenvalue weighted by Gasteiger charge is 2.12. The van der Waals surface area contributed by atoms with Gasteiger partial charge in [0.15, 0.2) is 0 Å². The third-order valence-corrected chi connectivity index (χ3v) is 1.87. The first-order valence-corrected chi connectivity index (χ1v) is 4.63. The Labute approximate surface area is 79.5 Å². The van der Waals surface area contributed by atoms with Crippen molar-refractivity contribution in [3.8, 4) is 0 Å². The summed E-state index contributed by atoms with van der Waals surface area (Å²) in [5.74, 6) is 0.208. The van der Waals surface area contributed by atoms with Gasteiger partial charge in [0.05, 0.1) is 6.10 Å². The van der Waals surface area contributed by atoms with Crippen molar-refractivity contribution in [2.75, 3.05) is 6.54 Å². The Morgan fingerprint density at radius 3 is 2.38 bits per heavy atom. The predicted molar refractivity (Wildman–Crippen MR) is 52.1 cm³/mol. The molecule has 0 aliphatic heterocycles. The van der Waals surface area contributed by atoms with Gasteiger partial charge in [0.1, 0.15) is 0 Å². The topological polar surface area (TPSA) is 75.4 Å². The molecule has 4 heteroatoms. The van der Waals surface area contributed by atoms with Gasteiger partial charge in [-0.15, -0.1) is 0 Å². The van der Waals surface area contributed by atoms with E-state index in [1.54, 1.807) is 6.92 Å². The molecule has 0 rings (SSSR count). The highest BCUT2D eigenvalue weighted by atomic mass is 16.3. The summed E-state index contributed by atoms with van der Waals surface area (Å²) in [5, 5.41) is 11.5. The van der Waals surface area contributed by atoms with Crippen molar-refractivity contribution in [3.05, 3.63) is 0 Å². The van der Waals surface area contributed by atoms with Gasteiger partial charge in [-0.1, -0.05) is 13.8 Å². The Morgan fingerprint density at radius 1 is 1.46 bits per heavy atom. The molecule has 0 spiro atoms. The number of amides is 1. The molecule has 0 saturated carbocycles. The van der Waals surface area contributed by atoms with Gasteiger partial charge >= 0.3 is 0 Å². The molecule has 0 aliphatic carbocycles. The molecule has 0 aromatic carbocycles. The monoisotopic (exact) mass is 188 g/mol. The van der Waals surface area contributed by atoms with E-state index in [0.29, 0.717) is 18.9 Å². The summed E-state index contributed by atoms with van der Waals surface area (Å²) >= 11 is 0. The Kier molecular flexibility index (Phi) is 5.66. The number of carbonyl (C=O) groups excluding carboxylic acids is 1. The summed E-state index contributed by atoms with van der Waals surface area (Å²) in [5.41, 5.74) is 5.70. The van der Waals surface area contributed by atoms with Gasteiger partial charge in [-0.05, 0) is 12.8 Å². The Morgan fingerprint density at radius 2 is 2.00 bits per heavy atom. The number of nitrogens with one attached hydrogen (secondary N) is 1. The van der Waals surface area contributed by atoms with Gasteiger partial charge in [-0.3, -0.25) is 4.79 Å². The van der Waals surface area contributed by atoms with Crippen LogP contribution in [0.1, 0.15) is 27.2 Å². The average Bonchev–Trinajstić information content (AvgIpc) is 2.00. The van der Waals surface area contributed by atoms with Crippen LogP contribution in [0.5, 0.6) is 0 Å². The molecule has 0 aromatic rings. The molecule has 78 valence electrons. The van der Waals surface area contributed by atoms with Crippen molar-refractivity contribution >= 4 is 5.91 Å². The fourth-order valence-electron chi connectivity index (χ4n) is 0.783. The van der Waals surface area contributed by atoms with Crippen LogP contribution in [0, 0.1) is 5.92 Å². The van der Waals surface area contributed by atoms with E-state index in [4.69, 9.17) is 10.8 Å². The Balaban J connectivity index is 3.62. The highest BCUT2D eigenvalue weighted by Crippen LogP contribution is 2.01. The first-order chi connectivity index (χ1) is 5.93. The molecular formula is C9H20N2O2. The molecule has 4 nitrogen and oxygen atoms in total. The lowest BCUT2D eigenvalue weighted by molar-refractivity contribution is -0.122. The maximum Gasteiger partial charge on any atom is 0.221 e. The van der Waals surface area contributed by atoms with Crippen LogP contribution in [0.3, 0.4) is 0 Å². The van der Waals surface area contributed by atoms with Crippen LogP contribution in [0.25, 0.3) is 0 Å². The summed E-state index contributed by atoms with van der Waals surface area (Å²) < 4.78 is 0. The third kappa shape index (κ3) is 6.54. The van der Waals surface area contributed by atoms with Gasteiger partial charge in [0, 0.05) is 19.0 Å². The van der Waals surface area contributed by atoms with Crippen molar-refractivity contribution < 1.29 is 9.90 Å². The molecule has 2 atom stereocenters. The normalized spacial score (nSPS) is 15.5. The minimum Gasteiger partial charge on any atom is -0.392 e. The van der Waals surface area contributed by atoms with Crippen LogP contribution in [-0.2, 0) is 4.79 Å². The molecule has 0 bridgehead atoms. The van der Waals surface area contributed by atoms with E-state index in [-0.39, 0.29) is 11.9 Å². The number of hydrogen-bond donors (Lipinski definition) is 3. The van der Waals surface area contributed by atoms with E-state index in [2.05, 4.69) is 5.32 Å². The molecule has 13 heavy (non-hydrogen) atoms. The zero-order valence-corrected chi connectivity index (χ0v) is 8.58. The smallest absolute Gasteiger partial charge is 0.221 e. The van der Waals surface area contributed by atoms with E-state index < -0.39 is 6.10 Å². The summed E-state index contributed by atoms with van der Waals surface area (Å²) in [4.78, 5) is 11.2. The number of aliphatic hydroxyl groups excluding tert-OH is 1. The van der Waals surface area contributed by atoms with Crippen molar-refractivity contribution in [2.24, 2.45) is 11.7 Å². The second kappa shape index (κ2) is 5.94. The number of hydrogen-bond acceptors (Lipinski definition) is 3. The van der Waals surface area contributed by atoms with E-state index >= 15 is 0 Å². The Hall–Kier alpha value is -0.610. The van der Waals surface area contributed by atoms with Crippen LogP contribution in [0.15, 0.2) is 0 Å². The van der Waals surface area contributed by atoms with Crippen molar-refractivity contribution in [2.45, 2.75) is 39.3 Å². The zero-order chi connectivity index (χ0) is 10.4. The fraction of sp³-hybridized carbons (Fsp3) is 0.889. The predicted octanol–water partition coefficient (Wildman–Crippen LogP) is -0.143. The molecule has 0 saturated heterocycles. The highest BCUT2D eigenvalue weighted by molar-refractivity contribution is 5.76. The minimum atomic E-state index is -0.501. The SMILES string of the molecule is CC(C)C(N)CC(=O)NC[C@H](C)O. The van der Waals surface area contributed by atoms with E-state index in [9.17, 15) is 4.79 Å². The number of aliphatic hydroxyl groups is 1. The largest absolute Gasteiger partial charge is 0.392 e. The van der Waals surface area contributed by atoms with Crippen molar-refractivity contribution in [3.63, 3.8) is 0 Å². The minimum absolute atomic E-state index is 0.0953. The maximum absolute atomic E-state index is 11.2. The first-order valence-electron chi connectivity index (χ1n) is 4.63. The van der Waals surface area contributed by atoms with Gasteiger partial charge in [-0.2, -0.15) is 0 Å². The maximum atomic E-state index is 11.2. The lowest BCUT2D eigenvalue weighted by Crippen LogP contribution is -2.37. The van der Waals surface area contributed by atoms with Gasteiger partial charge in [0.25, 0.3) is 0 Å². The standard InChI is InChI=1S/C9H20N2O2/c1-6(2)8(10)4-9(13)11-5-7(3)12/h6-8,12H,4-5,10H2,1-3H3,(H,11,13)/t7-,8?/m0/s1. The third-order valence-electron chi connectivity index (χ3n) is 1.87. The van der Waals surface area contributed by atoms with Crippen molar-refractivity contribution in [1.29, 1.82) is 0 Å². The fourth-order valence-corrected chi connectivity index (χ4v) is 0.783. The summed E-state index contributed by atoms with van der Waals surface area (Å²) in [6, 6.07) is -0.103. The molecule has 0 radical (unpaired) electrons. The molecule has 0 heterocycles. The lowest BCUT2D eigenvalue weighted by Gasteiger charge is -2.15. The first kappa shape index (κ1) is 12.4. The Bertz CT molecular complexity index is 158. The van der Waals surface area contributed by atoms with Gasteiger partial charge in [0.2, 0.25) is 5.91 Å². The second-order valence-electron chi connectivity index (χ2n) is 3.77. The van der Waals surface area contributed by atoms with E-state index in [0.717, 1.165) is 0 Å². The van der Waals surface area contributed by atoms with Crippen LogP contribution in [0.4, 0.5) is 0 Å². The molecule has 1 amide bonds. The molecule has 0 aliphatic rings. The summed E-state index contributed by atoms with van der Waals surface area (Å²) in [7, 11) is 0. The lowest BCUT2D eigenvalue weighted by atomic mass is 10.0. The van der Waals surface area contributed by atoms with Crippen LogP contribution < -0.4 is 11.1 Å². The van der Waals surface area contributed by atoms with Crippen LogP contribution >= 0.6 is 0 Å². The summed E-state index contributed by atoms with van der Waals surface area (Å²) in [6.45, 7) is 5.88. The number of carbonyl (C=O) groups is 1. The van der Waals surface area contributed by atoms with E-state index in [1.165, 1.54) is 0 Å². The van der Waals surface area contributed by atoms with Gasteiger partial charge in [-0.25, -0.2) is 0 Å². The van der Waals surface area contributed by atoms with Crippen LogP contribution in [0.2, 0.25) is 0 Å². The summed E-state index contributed by atoms with van der Waals surface area (Å²) in [6.07, 6.45) is -0.177. The molecule has 0 fully saturated rings. The quantitative estimate of drug-likeness (QED) is 0.562. The van der Waals surface area contributed by atoms with E-state index in [1.807, 2.05) is 13.8 Å². The molecule has 0 aromatic heterocycles. The molecule has 4 N–H and O–H groups in total. The van der Waals surface area contributed by atoms with Gasteiger partial charge < -0.3 is 16.2 Å². The molecule has 1 unspecified atom stereocenters. The number of nitrogens with two attached hydrogens (primary N) is 1. The number of rotatable bonds is 5.